The van der Waals surface area contributed by atoms with Crippen molar-refractivity contribution in [2.45, 2.75) is 18.3 Å². The summed E-state index contributed by atoms with van der Waals surface area (Å²) in [5.74, 6) is 0.934. The van der Waals surface area contributed by atoms with E-state index < -0.39 is 0 Å². The van der Waals surface area contributed by atoms with Crippen molar-refractivity contribution in [1.29, 1.82) is 0 Å². The van der Waals surface area contributed by atoms with Gasteiger partial charge in [-0.2, -0.15) is 0 Å². The van der Waals surface area contributed by atoms with Gasteiger partial charge >= 0.3 is 0 Å². The molecule has 1 heterocycles. The van der Waals surface area contributed by atoms with Gasteiger partial charge in [-0.1, -0.05) is 30.3 Å². The molecule has 0 radical (unpaired) electrons. The van der Waals surface area contributed by atoms with Gasteiger partial charge in [0.25, 0.3) is 0 Å². The van der Waals surface area contributed by atoms with Crippen LogP contribution in [0.4, 0.5) is 0 Å². The Labute approximate surface area is 85.7 Å². The van der Waals surface area contributed by atoms with E-state index in [1.807, 2.05) is 0 Å². The average molecular weight is 187 g/mol. The Balaban J connectivity index is 1.88. The molecule has 74 valence electrons. The molecule has 3 rings (SSSR count). The van der Waals surface area contributed by atoms with E-state index in [9.17, 15) is 0 Å². The first-order valence-corrected chi connectivity index (χ1v) is 5.55. The molecule has 1 saturated carbocycles. The second-order valence-corrected chi connectivity index (χ2v) is 4.94. The summed E-state index contributed by atoms with van der Waals surface area (Å²) in [6.07, 6.45) is 2.78. The fourth-order valence-corrected chi connectivity index (χ4v) is 3.05. The zero-order valence-corrected chi connectivity index (χ0v) is 8.74. The average Bonchev–Trinajstić information content (AvgIpc) is 2.94. The van der Waals surface area contributed by atoms with Crippen molar-refractivity contribution < 1.29 is 0 Å². The minimum Gasteiger partial charge on any atom is -0.306 e. The van der Waals surface area contributed by atoms with Crippen molar-refractivity contribution in [2.75, 3.05) is 20.1 Å². The highest BCUT2D eigenvalue weighted by Crippen LogP contribution is 2.58. The van der Waals surface area contributed by atoms with Crippen LogP contribution in [-0.2, 0) is 5.41 Å². The van der Waals surface area contributed by atoms with Crippen molar-refractivity contribution in [3.63, 3.8) is 0 Å². The lowest BCUT2D eigenvalue weighted by atomic mass is 9.87. The first-order chi connectivity index (χ1) is 6.81. The molecule has 0 amide bonds. The molecule has 14 heavy (non-hydrogen) atoms. The molecule has 1 aromatic rings. The molecule has 2 fully saturated rings. The maximum Gasteiger partial charge on any atom is 0.00155 e. The highest BCUT2D eigenvalue weighted by atomic mass is 15.1. The van der Waals surface area contributed by atoms with Crippen LogP contribution in [0.25, 0.3) is 0 Å². The van der Waals surface area contributed by atoms with Gasteiger partial charge in [0.15, 0.2) is 0 Å². The van der Waals surface area contributed by atoms with Crippen LogP contribution in [0.1, 0.15) is 18.4 Å². The Bertz CT molecular complexity index is 332. The SMILES string of the molecule is CN1CC[C@]2(c3ccccc3)C[C@@H]2C1. The third kappa shape index (κ3) is 1.12. The minimum absolute atomic E-state index is 0.577. The molecule has 1 saturated heterocycles. The molecule has 0 N–H and O–H groups in total. The van der Waals surface area contributed by atoms with Gasteiger partial charge in [0.05, 0.1) is 0 Å². The van der Waals surface area contributed by atoms with Crippen LogP contribution in [0.15, 0.2) is 30.3 Å². The second kappa shape index (κ2) is 2.83. The van der Waals surface area contributed by atoms with Crippen molar-refractivity contribution in [3.05, 3.63) is 35.9 Å². The van der Waals surface area contributed by atoms with E-state index in [2.05, 4.69) is 42.3 Å². The van der Waals surface area contributed by atoms with Crippen molar-refractivity contribution in [3.8, 4) is 0 Å². The van der Waals surface area contributed by atoms with Crippen molar-refractivity contribution in [1.82, 2.24) is 4.90 Å². The summed E-state index contributed by atoms with van der Waals surface area (Å²) < 4.78 is 0. The summed E-state index contributed by atoms with van der Waals surface area (Å²) in [6, 6.07) is 11.1. The van der Waals surface area contributed by atoms with E-state index >= 15 is 0 Å². The van der Waals surface area contributed by atoms with Crippen LogP contribution in [0.5, 0.6) is 0 Å². The molecule has 0 aromatic heterocycles. The highest BCUT2D eigenvalue weighted by molar-refractivity contribution is 5.34. The van der Waals surface area contributed by atoms with E-state index in [0.717, 1.165) is 5.92 Å². The Kier molecular flexibility index (Phi) is 1.72. The maximum absolute atomic E-state index is 2.47. The van der Waals surface area contributed by atoms with Crippen molar-refractivity contribution in [2.24, 2.45) is 5.92 Å². The summed E-state index contributed by atoms with van der Waals surface area (Å²) in [6.45, 7) is 2.57. The topological polar surface area (TPSA) is 3.24 Å². The second-order valence-electron chi connectivity index (χ2n) is 4.94. The number of fused-ring (bicyclic) bond motifs is 1. The molecule has 1 heteroatoms. The summed E-state index contributed by atoms with van der Waals surface area (Å²) in [7, 11) is 2.24. The molecule has 1 aliphatic carbocycles. The molecule has 0 spiro atoms. The lowest BCUT2D eigenvalue weighted by Crippen LogP contribution is -2.33. The molecule has 2 aliphatic rings. The largest absolute Gasteiger partial charge is 0.306 e. The molecule has 1 aliphatic heterocycles. The van der Waals surface area contributed by atoms with Gasteiger partial charge in [-0.3, -0.25) is 0 Å². The van der Waals surface area contributed by atoms with Crippen LogP contribution in [0.3, 0.4) is 0 Å². The number of benzene rings is 1. The number of rotatable bonds is 1. The predicted molar refractivity (Wildman–Crippen MR) is 58.3 cm³/mol. The van der Waals surface area contributed by atoms with Crippen LogP contribution >= 0.6 is 0 Å². The Morgan fingerprint density at radius 2 is 2.07 bits per heavy atom. The molecular formula is C13H17N. The Hall–Kier alpha value is -0.820. The zero-order chi connectivity index (χ0) is 9.60. The number of nitrogens with zero attached hydrogens (tertiary/aromatic N) is 1. The van der Waals surface area contributed by atoms with Gasteiger partial charge in [-0.15, -0.1) is 0 Å². The van der Waals surface area contributed by atoms with E-state index in [0.29, 0.717) is 5.41 Å². The van der Waals surface area contributed by atoms with E-state index in [4.69, 9.17) is 0 Å². The van der Waals surface area contributed by atoms with E-state index in [1.165, 1.54) is 25.9 Å². The Morgan fingerprint density at radius 3 is 2.79 bits per heavy atom. The number of hydrogen-bond acceptors (Lipinski definition) is 1. The van der Waals surface area contributed by atoms with E-state index in [1.54, 1.807) is 5.56 Å². The van der Waals surface area contributed by atoms with Crippen molar-refractivity contribution >= 4 is 0 Å². The third-order valence-corrected chi connectivity index (χ3v) is 4.05. The molecule has 0 bridgehead atoms. The quantitative estimate of drug-likeness (QED) is 0.652. The number of hydrogen-bond donors (Lipinski definition) is 0. The molecule has 2 atom stereocenters. The van der Waals surface area contributed by atoms with Crippen LogP contribution in [0.2, 0.25) is 0 Å². The highest BCUT2D eigenvalue weighted by Gasteiger charge is 2.56. The Morgan fingerprint density at radius 1 is 1.29 bits per heavy atom. The minimum atomic E-state index is 0.577. The molecule has 0 unspecified atom stereocenters. The normalized spacial score (nSPS) is 36.5. The summed E-state index contributed by atoms with van der Waals surface area (Å²) in [5.41, 5.74) is 2.16. The van der Waals surface area contributed by atoms with E-state index in [-0.39, 0.29) is 0 Å². The zero-order valence-electron chi connectivity index (χ0n) is 8.74. The third-order valence-electron chi connectivity index (χ3n) is 4.05. The molecular weight excluding hydrogens is 170 g/mol. The maximum atomic E-state index is 2.47. The van der Waals surface area contributed by atoms with Gasteiger partial charge in [0.2, 0.25) is 0 Å². The van der Waals surface area contributed by atoms with Gasteiger partial charge in [0.1, 0.15) is 0 Å². The standard InChI is InChI=1S/C13H17N/c1-14-8-7-13(9-12(13)10-14)11-5-3-2-4-6-11/h2-6,12H,7-10H2,1H3/t12-,13-/m1/s1. The summed E-state index contributed by atoms with van der Waals surface area (Å²) in [4.78, 5) is 2.47. The van der Waals surface area contributed by atoms with Crippen LogP contribution in [-0.4, -0.2) is 25.0 Å². The fraction of sp³-hybridized carbons (Fsp3) is 0.538. The van der Waals surface area contributed by atoms with Gasteiger partial charge in [-0.25, -0.2) is 0 Å². The first kappa shape index (κ1) is 8.49. The molecule has 1 nitrogen and oxygen atoms in total. The number of piperidine rings is 1. The van der Waals surface area contributed by atoms with Gasteiger partial charge < -0.3 is 4.90 Å². The summed E-state index contributed by atoms with van der Waals surface area (Å²) in [5, 5.41) is 0. The van der Waals surface area contributed by atoms with Crippen LogP contribution in [0, 0.1) is 5.92 Å². The van der Waals surface area contributed by atoms with Gasteiger partial charge in [-0.05, 0) is 37.9 Å². The van der Waals surface area contributed by atoms with Crippen LogP contribution < -0.4 is 0 Å². The predicted octanol–water partition coefficient (Wildman–Crippen LogP) is 2.28. The fourth-order valence-electron chi connectivity index (χ4n) is 3.05. The number of likely N-dealkylation sites (tertiary alicyclic amines) is 1. The van der Waals surface area contributed by atoms with Gasteiger partial charge in [0, 0.05) is 12.0 Å². The smallest absolute Gasteiger partial charge is 0.00155 e. The monoisotopic (exact) mass is 187 g/mol. The first-order valence-electron chi connectivity index (χ1n) is 5.55. The lowest BCUT2D eigenvalue weighted by molar-refractivity contribution is 0.248. The lowest BCUT2D eigenvalue weighted by Gasteiger charge is -2.29. The molecule has 1 aromatic carbocycles. The summed E-state index contributed by atoms with van der Waals surface area (Å²) >= 11 is 0.